The molecule has 0 aliphatic rings. The average molecular weight is 453 g/mol. The summed E-state index contributed by atoms with van der Waals surface area (Å²) < 4.78 is 5.30. The summed E-state index contributed by atoms with van der Waals surface area (Å²) in [5.41, 5.74) is 2.70. The van der Waals surface area contributed by atoms with E-state index in [0.29, 0.717) is 28.3 Å². The maximum atomic E-state index is 10.9. The molecule has 4 nitrogen and oxygen atoms in total. The number of hydrogen-bond acceptors (Lipinski definition) is 4. The Morgan fingerprint density at radius 1 is 1.07 bits per heavy atom. The normalized spacial score (nSPS) is 12.6. The standard InChI is InChI=1S/C24H34Cl2N2O2/c1-16(2)27-24-21(25)13-19(14-22(24)26)23(29)15-28(17(3)4)11-7-9-18-8-6-10-20(12-18)30-5/h6,8,10,12-14,16-17,23,27,29H,7,9,11,15H2,1-5H3. The predicted molar refractivity (Wildman–Crippen MR) is 128 cm³/mol. The Morgan fingerprint density at radius 2 is 1.73 bits per heavy atom. The number of rotatable bonds is 11. The fraction of sp³-hybridized carbons (Fsp3) is 0.500. The van der Waals surface area contributed by atoms with Crippen molar-refractivity contribution in [2.24, 2.45) is 0 Å². The molecule has 166 valence electrons. The first-order chi connectivity index (χ1) is 14.2. The van der Waals surface area contributed by atoms with Crippen molar-refractivity contribution in [3.63, 3.8) is 0 Å². The molecule has 30 heavy (non-hydrogen) atoms. The molecule has 6 heteroatoms. The number of anilines is 1. The second-order valence-electron chi connectivity index (χ2n) is 8.22. The van der Waals surface area contributed by atoms with Crippen molar-refractivity contribution in [1.29, 1.82) is 0 Å². The quantitative estimate of drug-likeness (QED) is 0.425. The van der Waals surface area contributed by atoms with E-state index in [0.717, 1.165) is 30.7 Å². The summed E-state index contributed by atoms with van der Waals surface area (Å²) in [6.07, 6.45) is 1.30. The molecule has 0 saturated heterocycles. The number of methoxy groups -OCH3 is 1. The monoisotopic (exact) mass is 452 g/mol. The number of ether oxygens (including phenoxy) is 1. The Labute approximate surface area is 191 Å². The summed E-state index contributed by atoms with van der Waals surface area (Å²) in [5, 5.41) is 15.2. The van der Waals surface area contributed by atoms with Crippen molar-refractivity contribution >= 4 is 28.9 Å². The van der Waals surface area contributed by atoms with Gasteiger partial charge in [0.2, 0.25) is 0 Å². The van der Waals surface area contributed by atoms with Crippen LogP contribution in [-0.4, -0.2) is 42.3 Å². The Bertz CT molecular complexity index is 789. The highest BCUT2D eigenvalue weighted by molar-refractivity contribution is 6.39. The van der Waals surface area contributed by atoms with Crippen LogP contribution in [0.4, 0.5) is 5.69 Å². The summed E-state index contributed by atoms with van der Waals surface area (Å²) in [6, 6.07) is 12.3. The fourth-order valence-electron chi connectivity index (χ4n) is 3.41. The van der Waals surface area contributed by atoms with Crippen LogP contribution in [0.1, 0.15) is 51.3 Å². The first-order valence-electron chi connectivity index (χ1n) is 10.5. The molecule has 2 N–H and O–H groups in total. The van der Waals surface area contributed by atoms with Crippen LogP contribution in [0.25, 0.3) is 0 Å². The Kier molecular flexibility index (Phi) is 9.76. The molecule has 0 fully saturated rings. The maximum Gasteiger partial charge on any atom is 0.119 e. The van der Waals surface area contributed by atoms with Crippen molar-refractivity contribution < 1.29 is 9.84 Å². The maximum absolute atomic E-state index is 10.9. The molecule has 0 saturated carbocycles. The van der Waals surface area contributed by atoms with E-state index in [9.17, 15) is 5.11 Å². The number of halogens is 2. The summed E-state index contributed by atoms with van der Waals surface area (Å²) in [5.74, 6) is 0.882. The van der Waals surface area contributed by atoms with Crippen LogP contribution >= 0.6 is 23.2 Å². The SMILES string of the molecule is COc1cccc(CCCN(CC(O)c2cc(Cl)c(NC(C)C)c(Cl)c2)C(C)C)c1. The lowest BCUT2D eigenvalue weighted by Crippen LogP contribution is -2.35. The topological polar surface area (TPSA) is 44.7 Å². The number of aryl methyl sites for hydroxylation is 1. The van der Waals surface area contributed by atoms with Gasteiger partial charge in [0.05, 0.1) is 28.9 Å². The molecule has 0 aliphatic heterocycles. The van der Waals surface area contributed by atoms with E-state index in [4.69, 9.17) is 27.9 Å². The van der Waals surface area contributed by atoms with Gasteiger partial charge in [0, 0.05) is 18.6 Å². The number of hydrogen-bond donors (Lipinski definition) is 2. The van der Waals surface area contributed by atoms with Crippen molar-refractivity contribution in [1.82, 2.24) is 4.90 Å². The lowest BCUT2D eigenvalue weighted by Gasteiger charge is -2.29. The molecule has 2 rings (SSSR count). The Morgan fingerprint density at radius 3 is 2.30 bits per heavy atom. The number of aliphatic hydroxyl groups is 1. The zero-order chi connectivity index (χ0) is 22.3. The van der Waals surface area contributed by atoms with Crippen LogP contribution in [0, 0.1) is 0 Å². The van der Waals surface area contributed by atoms with Crippen molar-refractivity contribution in [2.45, 2.75) is 58.7 Å². The van der Waals surface area contributed by atoms with Gasteiger partial charge in [0.25, 0.3) is 0 Å². The van der Waals surface area contributed by atoms with Gasteiger partial charge >= 0.3 is 0 Å². The second kappa shape index (κ2) is 11.8. The van der Waals surface area contributed by atoms with Gasteiger partial charge < -0.3 is 15.2 Å². The van der Waals surface area contributed by atoms with E-state index in [-0.39, 0.29) is 6.04 Å². The minimum absolute atomic E-state index is 0.219. The van der Waals surface area contributed by atoms with Gasteiger partial charge in [-0.05, 0) is 82.5 Å². The first-order valence-corrected chi connectivity index (χ1v) is 11.3. The van der Waals surface area contributed by atoms with Crippen molar-refractivity contribution in [2.75, 3.05) is 25.5 Å². The molecule has 0 heterocycles. The third kappa shape index (κ3) is 7.35. The molecule has 0 amide bonds. The van der Waals surface area contributed by atoms with E-state index < -0.39 is 6.10 Å². The van der Waals surface area contributed by atoms with Gasteiger partial charge in [-0.25, -0.2) is 0 Å². The molecule has 0 aromatic heterocycles. The summed E-state index contributed by atoms with van der Waals surface area (Å²) >= 11 is 12.8. The molecule has 0 bridgehead atoms. The fourth-order valence-corrected chi connectivity index (χ4v) is 4.03. The van der Waals surface area contributed by atoms with Gasteiger partial charge in [0.1, 0.15) is 5.75 Å². The molecule has 2 aromatic rings. The highest BCUT2D eigenvalue weighted by atomic mass is 35.5. The van der Waals surface area contributed by atoms with Gasteiger partial charge in [-0.1, -0.05) is 35.3 Å². The second-order valence-corrected chi connectivity index (χ2v) is 9.03. The Balaban J connectivity index is 2.00. The van der Waals surface area contributed by atoms with E-state index in [1.54, 1.807) is 19.2 Å². The van der Waals surface area contributed by atoms with E-state index in [1.807, 2.05) is 26.0 Å². The third-order valence-corrected chi connectivity index (χ3v) is 5.66. The molecule has 2 aromatic carbocycles. The summed E-state index contributed by atoms with van der Waals surface area (Å²) in [6.45, 7) is 9.77. The van der Waals surface area contributed by atoms with E-state index in [2.05, 4.69) is 36.2 Å². The van der Waals surface area contributed by atoms with Gasteiger partial charge in [-0.3, -0.25) is 4.90 Å². The molecule has 1 atom stereocenters. The van der Waals surface area contributed by atoms with Crippen LogP contribution in [0.3, 0.4) is 0 Å². The number of nitrogens with zero attached hydrogens (tertiary/aromatic N) is 1. The average Bonchev–Trinajstić information content (AvgIpc) is 2.69. The van der Waals surface area contributed by atoms with Crippen LogP contribution in [0.2, 0.25) is 10.0 Å². The van der Waals surface area contributed by atoms with Crippen molar-refractivity contribution in [3.8, 4) is 5.75 Å². The minimum atomic E-state index is -0.660. The number of nitrogens with one attached hydrogen (secondary N) is 1. The number of benzene rings is 2. The molecular formula is C24H34Cl2N2O2. The predicted octanol–water partition coefficient (Wildman–Crippen LogP) is 6.20. The highest BCUT2D eigenvalue weighted by Crippen LogP contribution is 2.34. The zero-order valence-corrected chi connectivity index (χ0v) is 20.1. The molecular weight excluding hydrogens is 419 g/mol. The van der Waals surface area contributed by atoms with Gasteiger partial charge in [-0.2, -0.15) is 0 Å². The largest absolute Gasteiger partial charge is 0.497 e. The van der Waals surface area contributed by atoms with Crippen molar-refractivity contribution in [3.05, 3.63) is 57.6 Å². The third-order valence-electron chi connectivity index (χ3n) is 5.06. The summed E-state index contributed by atoms with van der Waals surface area (Å²) in [4.78, 5) is 2.28. The Hall–Kier alpha value is -1.46. The summed E-state index contributed by atoms with van der Waals surface area (Å²) in [7, 11) is 1.69. The van der Waals surface area contributed by atoms with Crippen LogP contribution < -0.4 is 10.1 Å². The van der Waals surface area contributed by atoms with Gasteiger partial charge in [0.15, 0.2) is 0 Å². The van der Waals surface area contributed by atoms with E-state index >= 15 is 0 Å². The lowest BCUT2D eigenvalue weighted by molar-refractivity contribution is 0.0947. The zero-order valence-electron chi connectivity index (χ0n) is 18.6. The van der Waals surface area contributed by atoms with Crippen LogP contribution in [0.15, 0.2) is 36.4 Å². The number of aliphatic hydroxyl groups excluding tert-OH is 1. The molecule has 1 unspecified atom stereocenters. The van der Waals surface area contributed by atoms with Crippen LogP contribution in [0.5, 0.6) is 5.75 Å². The highest BCUT2D eigenvalue weighted by Gasteiger charge is 2.19. The minimum Gasteiger partial charge on any atom is -0.497 e. The molecule has 0 radical (unpaired) electrons. The van der Waals surface area contributed by atoms with Gasteiger partial charge in [-0.15, -0.1) is 0 Å². The molecule has 0 spiro atoms. The van der Waals surface area contributed by atoms with Crippen LogP contribution in [-0.2, 0) is 6.42 Å². The smallest absolute Gasteiger partial charge is 0.119 e. The molecule has 0 aliphatic carbocycles. The lowest BCUT2D eigenvalue weighted by atomic mass is 10.1. The van der Waals surface area contributed by atoms with E-state index in [1.165, 1.54) is 5.56 Å². The first kappa shape index (κ1) is 24.8.